The minimum absolute atomic E-state index is 0.00274. The summed E-state index contributed by atoms with van der Waals surface area (Å²) >= 11 is 7.33. The van der Waals surface area contributed by atoms with Crippen molar-refractivity contribution in [2.45, 2.75) is 24.6 Å². The topological polar surface area (TPSA) is 95.9 Å². The third-order valence-corrected chi connectivity index (χ3v) is 7.29. The third-order valence-electron chi connectivity index (χ3n) is 4.11. The van der Waals surface area contributed by atoms with E-state index in [4.69, 9.17) is 11.6 Å². The van der Waals surface area contributed by atoms with Crippen LogP contribution < -0.4 is 10.2 Å². The molecule has 0 aliphatic carbocycles. The van der Waals surface area contributed by atoms with E-state index in [2.05, 4.69) is 10.3 Å². The summed E-state index contributed by atoms with van der Waals surface area (Å²) in [6.45, 7) is 1.70. The zero-order chi connectivity index (χ0) is 18.9. The van der Waals surface area contributed by atoms with Crippen LogP contribution in [0.2, 0.25) is 5.02 Å². The Morgan fingerprint density at radius 3 is 2.81 bits per heavy atom. The standard InChI is InChI=1S/C16H18ClN3O4S2/c1-10(15(22)19-11-6-7-26(23,24)9-11)25-16-18-8-14(21)20(16)13-5-3-2-4-12(13)17/h2-5,10-11H,6-9H2,1H3,(H,19,22)/t10-,11+/m0/s1. The average molecular weight is 416 g/mol. The van der Waals surface area contributed by atoms with Crippen molar-refractivity contribution >= 4 is 55.9 Å². The number of nitrogens with zero attached hydrogens (tertiary/aromatic N) is 2. The maximum atomic E-state index is 12.4. The largest absolute Gasteiger partial charge is 0.351 e. The monoisotopic (exact) mass is 415 g/mol. The van der Waals surface area contributed by atoms with Gasteiger partial charge in [-0.2, -0.15) is 0 Å². The number of nitrogens with one attached hydrogen (secondary N) is 1. The maximum Gasteiger partial charge on any atom is 0.254 e. The Kier molecular flexibility index (Phi) is 5.59. The lowest BCUT2D eigenvalue weighted by molar-refractivity contribution is -0.121. The number of carbonyl (C=O) groups is 2. The lowest BCUT2D eigenvalue weighted by Crippen LogP contribution is -2.41. The smallest absolute Gasteiger partial charge is 0.254 e. The Morgan fingerprint density at radius 1 is 1.42 bits per heavy atom. The van der Waals surface area contributed by atoms with Crippen molar-refractivity contribution in [3.8, 4) is 0 Å². The molecule has 0 aromatic heterocycles. The molecule has 10 heteroatoms. The highest BCUT2D eigenvalue weighted by Gasteiger charge is 2.33. The SMILES string of the molecule is C[C@H](SC1=NCC(=O)N1c1ccccc1Cl)C(=O)N[C@@H]1CCS(=O)(=O)C1. The molecule has 2 amide bonds. The molecule has 0 spiro atoms. The lowest BCUT2D eigenvalue weighted by atomic mass is 10.2. The number of hydrogen-bond donors (Lipinski definition) is 1. The fraction of sp³-hybridized carbons (Fsp3) is 0.438. The number of carbonyl (C=O) groups excluding carboxylic acids is 2. The Morgan fingerprint density at radius 2 is 2.15 bits per heavy atom. The van der Waals surface area contributed by atoms with Crippen LogP contribution in [-0.4, -0.2) is 54.7 Å². The first-order chi connectivity index (χ1) is 12.3. The van der Waals surface area contributed by atoms with E-state index in [1.54, 1.807) is 31.2 Å². The molecule has 0 radical (unpaired) electrons. The quantitative estimate of drug-likeness (QED) is 0.803. The van der Waals surface area contributed by atoms with Gasteiger partial charge in [0.25, 0.3) is 5.91 Å². The third kappa shape index (κ3) is 4.21. The van der Waals surface area contributed by atoms with Gasteiger partial charge >= 0.3 is 0 Å². The number of halogens is 1. The zero-order valence-corrected chi connectivity index (χ0v) is 16.4. The molecule has 1 aromatic carbocycles. The van der Waals surface area contributed by atoms with E-state index >= 15 is 0 Å². The number of sulfone groups is 1. The molecule has 0 unspecified atom stereocenters. The summed E-state index contributed by atoms with van der Waals surface area (Å²) in [7, 11) is -3.06. The first-order valence-corrected chi connectivity index (χ1v) is 11.1. The summed E-state index contributed by atoms with van der Waals surface area (Å²) in [6, 6.07) is 6.58. The van der Waals surface area contributed by atoms with Gasteiger partial charge in [-0.25, -0.2) is 8.42 Å². The highest BCUT2D eigenvalue weighted by Crippen LogP contribution is 2.31. The van der Waals surface area contributed by atoms with E-state index in [-0.39, 0.29) is 35.9 Å². The van der Waals surface area contributed by atoms with Crippen molar-refractivity contribution < 1.29 is 18.0 Å². The van der Waals surface area contributed by atoms with Crippen LogP contribution in [0.4, 0.5) is 5.69 Å². The molecule has 1 aromatic rings. The number of rotatable bonds is 4. The summed E-state index contributed by atoms with van der Waals surface area (Å²) in [4.78, 5) is 30.2. The van der Waals surface area contributed by atoms with Crippen molar-refractivity contribution in [3.05, 3.63) is 29.3 Å². The molecule has 2 atom stereocenters. The summed E-state index contributed by atoms with van der Waals surface area (Å²) in [5.74, 6) is -0.421. The number of hydrogen-bond acceptors (Lipinski definition) is 6. The average Bonchev–Trinajstić information content (AvgIpc) is 3.10. The predicted molar refractivity (Wildman–Crippen MR) is 103 cm³/mol. The summed E-state index contributed by atoms with van der Waals surface area (Å²) in [5, 5.41) is 3.06. The Bertz CT molecular complexity index is 872. The van der Waals surface area contributed by atoms with Crippen LogP contribution in [0.3, 0.4) is 0 Å². The Hall–Kier alpha value is -1.58. The van der Waals surface area contributed by atoms with Crippen LogP contribution in [0.5, 0.6) is 0 Å². The number of anilines is 1. The molecule has 26 heavy (non-hydrogen) atoms. The predicted octanol–water partition coefficient (Wildman–Crippen LogP) is 1.47. The van der Waals surface area contributed by atoms with Crippen molar-refractivity contribution in [3.63, 3.8) is 0 Å². The van der Waals surface area contributed by atoms with Crippen molar-refractivity contribution in [2.75, 3.05) is 23.0 Å². The second-order valence-electron chi connectivity index (χ2n) is 6.15. The zero-order valence-electron chi connectivity index (χ0n) is 14.0. The van der Waals surface area contributed by atoms with E-state index in [0.29, 0.717) is 22.3 Å². The van der Waals surface area contributed by atoms with Gasteiger partial charge < -0.3 is 5.32 Å². The number of aliphatic imine (C=N–C) groups is 1. The molecule has 2 aliphatic heterocycles. The molecule has 3 rings (SSSR count). The van der Waals surface area contributed by atoms with Crippen molar-refractivity contribution in [1.29, 1.82) is 0 Å². The fourth-order valence-electron chi connectivity index (χ4n) is 2.78. The normalized spacial score (nSPS) is 23.0. The van der Waals surface area contributed by atoms with Gasteiger partial charge in [0.2, 0.25) is 5.91 Å². The fourth-order valence-corrected chi connectivity index (χ4v) is 5.61. The summed E-state index contributed by atoms with van der Waals surface area (Å²) in [6.07, 6.45) is 0.427. The molecular weight excluding hydrogens is 398 g/mol. The van der Waals surface area contributed by atoms with Gasteiger partial charge in [0.15, 0.2) is 15.0 Å². The molecule has 1 N–H and O–H groups in total. The van der Waals surface area contributed by atoms with E-state index in [0.717, 1.165) is 11.8 Å². The number of thioether (sulfide) groups is 1. The second-order valence-corrected chi connectivity index (χ2v) is 10.1. The molecule has 7 nitrogen and oxygen atoms in total. The summed E-state index contributed by atoms with van der Waals surface area (Å²) < 4.78 is 23.0. The van der Waals surface area contributed by atoms with E-state index in [9.17, 15) is 18.0 Å². The van der Waals surface area contributed by atoms with Gasteiger partial charge in [-0.1, -0.05) is 35.5 Å². The Labute approximate surface area is 161 Å². The van der Waals surface area contributed by atoms with Crippen LogP contribution in [0.15, 0.2) is 29.3 Å². The van der Waals surface area contributed by atoms with Crippen molar-refractivity contribution in [1.82, 2.24) is 5.32 Å². The number of para-hydroxylation sites is 1. The molecule has 2 aliphatic rings. The molecule has 0 bridgehead atoms. The minimum Gasteiger partial charge on any atom is -0.351 e. The molecule has 2 heterocycles. The molecule has 1 fully saturated rings. The first kappa shape index (κ1) is 19.2. The van der Waals surface area contributed by atoms with Gasteiger partial charge in [-0.3, -0.25) is 19.5 Å². The van der Waals surface area contributed by atoms with Gasteiger partial charge in [0, 0.05) is 6.04 Å². The molecule has 140 valence electrons. The number of amidine groups is 1. The van der Waals surface area contributed by atoms with Crippen LogP contribution in [-0.2, 0) is 19.4 Å². The molecular formula is C16H18ClN3O4S2. The van der Waals surface area contributed by atoms with E-state index in [1.165, 1.54) is 4.90 Å². The minimum atomic E-state index is -3.06. The van der Waals surface area contributed by atoms with Gasteiger partial charge in [-0.15, -0.1) is 0 Å². The second kappa shape index (κ2) is 7.58. The van der Waals surface area contributed by atoms with Gasteiger partial charge in [-0.05, 0) is 25.5 Å². The highest BCUT2D eigenvalue weighted by molar-refractivity contribution is 8.15. The van der Waals surface area contributed by atoms with Crippen molar-refractivity contribution in [2.24, 2.45) is 4.99 Å². The number of benzene rings is 1. The van der Waals surface area contributed by atoms with Crippen LogP contribution >= 0.6 is 23.4 Å². The molecule has 1 saturated heterocycles. The first-order valence-electron chi connectivity index (χ1n) is 8.06. The maximum absolute atomic E-state index is 12.4. The van der Waals surface area contributed by atoms with Crippen LogP contribution in [0, 0.1) is 0 Å². The summed E-state index contributed by atoms with van der Waals surface area (Å²) in [5.41, 5.74) is 0.525. The van der Waals surface area contributed by atoms with E-state index in [1.807, 2.05) is 0 Å². The Balaban J connectivity index is 1.66. The van der Waals surface area contributed by atoms with Crippen LogP contribution in [0.25, 0.3) is 0 Å². The number of amides is 2. The van der Waals surface area contributed by atoms with Gasteiger partial charge in [0.05, 0.1) is 27.5 Å². The van der Waals surface area contributed by atoms with E-state index < -0.39 is 15.1 Å². The molecule has 0 saturated carbocycles. The van der Waals surface area contributed by atoms with Gasteiger partial charge in [0.1, 0.15) is 6.54 Å². The lowest BCUT2D eigenvalue weighted by Gasteiger charge is -2.21. The highest BCUT2D eigenvalue weighted by atomic mass is 35.5. The van der Waals surface area contributed by atoms with Crippen LogP contribution in [0.1, 0.15) is 13.3 Å².